The molecule has 0 amide bonds. The Balaban J connectivity index is -0.0000000875. The molecule has 0 bridgehead atoms. The molecule has 1 rings (SSSR count). The Bertz CT molecular complexity index is 61.2. The molecule has 1 aromatic carbocycles. The van der Waals surface area contributed by atoms with Crippen LogP contribution in [-0.4, -0.2) is 0 Å². The Morgan fingerprint density at radius 2 is 1.20 bits per heavy atom. The summed E-state index contributed by atoms with van der Waals surface area (Å²) in [5, 5.41) is 0. The minimum absolute atomic E-state index is 0. The minimum Gasteiger partial charge on any atom is -0.346 e. The van der Waals surface area contributed by atoms with Gasteiger partial charge in [0.2, 0.25) is 0 Å². The molecule has 0 heterocycles. The van der Waals surface area contributed by atoms with Gasteiger partial charge in [0.25, 0.3) is 0 Å². The van der Waals surface area contributed by atoms with E-state index in [0.29, 0.717) is 0 Å². The second kappa shape index (κ2) is 23.1. The molecule has 0 aromatic heterocycles. The molecule has 1 aromatic rings. The third kappa shape index (κ3) is 15.7. The molecule has 1 heteroatoms. The fourth-order valence-corrected chi connectivity index (χ4v) is 0.321. The summed E-state index contributed by atoms with van der Waals surface area (Å²) in [5.41, 5.74) is 0. The van der Waals surface area contributed by atoms with Gasteiger partial charge in [-0.2, -0.15) is 32.0 Å². The van der Waals surface area contributed by atoms with Gasteiger partial charge in [-0.05, 0) is 0 Å². The summed E-state index contributed by atoms with van der Waals surface area (Å²) >= 11 is 0. The summed E-state index contributed by atoms with van der Waals surface area (Å²) < 4.78 is 0. The Hall–Kier alpha value is -0.0266. The van der Waals surface area contributed by atoms with Crippen LogP contribution < -0.4 is 0 Å². The van der Waals surface area contributed by atoms with E-state index in [1.807, 2.05) is 30.3 Å². The van der Waals surface area contributed by atoms with E-state index in [1.165, 1.54) is 0 Å². The van der Waals surface area contributed by atoms with Crippen molar-refractivity contribution in [2.24, 2.45) is 0 Å². The van der Waals surface area contributed by atoms with Crippen molar-refractivity contribution in [2.75, 3.05) is 0 Å². The summed E-state index contributed by atoms with van der Waals surface area (Å²) in [5.74, 6) is 0. The van der Waals surface area contributed by atoms with E-state index in [-0.39, 0.29) is 19.5 Å². The van der Waals surface area contributed by atoms with Gasteiger partial charge in [-0.1, -0.05) is 0 Å². The molecule has 0 atom stereocenters. The van der Waals surface area contributed by atoms with Gasteiger partial charge in [0.05, 0.1) is 0 Å². The molecule has 0 N–H and O–H groups in total. The van der Waals surface area contributed by atoms with Gasteiger partial charge in [-0.3, -0.25) is 0 Å². The van der Waals surface area contributed by atoms with Crippen LogP contribution in [0.25, 0.3) is 0 Å². The van der Waals surface area contributed by atoms with E-state index in [1.54, 1.807) is 13.8 Å². The predicted octanol–water partition coefficient (Wildman–Crippen LogP) is 3.08. The van der Waals surface area contributed by atoms with E-state index in [9.17, 15) is 0 Å². The quantitative estimate of drug-likeness (QED) is 0.469. The molecule has 0 spiro atoms. The van der Waals surface area contributed by atoms with Crippen LogP contribution >= 0.6 is 0 Å². The summed E-state index contributed by atoms with van der Waals surface area (Å²) in [4.78, 5) is 0. The molecular weight excluding hydrogens is 209 g/mol. The van der Waals surface area contributed by atoms with Crippen LogP contribution in [0.15, 0.2) is 30.3 Å². The third-order valence-electron chi connectivity index (χ3n) is 0.556. The molecule has 10 heavy (non-hydrogen) atoms. The van der Waals surface area contributed by atoms with Crippen LogP contribution in [0.2, 0.25) is 0 Å². The zero-order valence-electron chi connectivity index (χ0n) is 6.65. The summed E-state index contributed by atoms with van der Waals surface area (Å²) in [6.07, 6.45) is 0. The molecule has 0 aliphatic heterocycles. The predicted molar refractivity (Wildman–Crippen MR) is 44.1 cm³/mol. The Morgan fingerprint density at radius 3 is 1.30 bits per heavy atom. The minimum atomic E-state index is 0. The maximum Gasteiger partial charge on any atom is 3.00 e. The molecule has 0 saturated carbocycles. The van der Waals surface area contributed by atoms with Crippen LogP contribution in [-0.2, 0) is 19.5 Å². The monoisotopic (exact) mass is 225 g/mol. The van der Waals surface area contributed by atoms with Gasteiger partial charge in [0.1, 0.15) is 0 Å². The van der Waals surface area contributed by atoms with Gasteiger partial charge in [0.15, 0.2) is 0 Å². The molecular formula is C9H15Ru. The number of hydrogen-bond donors (Lipinski definition) is 0. The van der Waals surface area contributed by atoms with E-state index in [0.717, 1.165) is 0 Å². The molecule has 0 nitrogen and oxygen atoms in total. The van der Waals surface area contributed by atoms with Gasteiger partial charge < -0.3 is 13.8 Å². The molecule has 0 aliphatic rings. The standard InChI is InChI=1S/C5H5.2C2H5.Ru/c1-2-4-5-3-1;2*1-2;/h1-5H;2*1H2,2H3;/q3*-1;+3. The average molecular weight is 224 g/mol. The van der Waals surface area contributed by atoms with Crippen LogP contribution in [0.3, 0.4) is 0 Å². The molecule has 0 fully saturated rings. The van der Waals surface area contributed by atoms with Crippen molar-refractivity contribution >= 4 is 0 Å². The normalized spacial score (nSPS) is 5.20. The van der Waals surface area contributed by atoms with Gasteiger partial charge in [-0.25, -0.2) is 12.1 Å². The topological polar surface area (TPSA) is 0 Å². The first-order chi connectivity index (χ1) is 4.50. The van der Waals surface area contributed by atoms with E-state index < -0.39 is 0 Å². The smallest absolute Gasteiger partial charge is 0.346 e. The van der Waals surface area contributed by atoms with Gasteiger partial charge in [0, 0.05) is 0 Å². The fourth-order valence-electron chi connectivity index (χ4n) is 0.321. The molecule has 1 radical (unpaired) electrons. The second-order valence-electron chi connectivity index (χ2n) is 0.962. The second-order valence-corrected chi connectivity index (χ2v) is 0.962. The Kier molecular flexibility index (Phi) is 38.1. The fraction of sp³-hybridized carbons (Fsp3) is 0.222. The number of rotatable bonds is 0. The summed E-state index contributed by atoms with van der Waals surface area (Å²) in [6.45, 7) is 10.0. The largest absolute Gasteiger partial charge is 3.00 e. The van der Waals surface area contributed by atoms with Crippen molar-refractivity contribution in [1.82, 2.24) is 0 Å². The SMILES string of the molecule is [CH2-]C.[CH2-]C.[Ru+3].c1cc[cH-]c1. The zero-order valence-corrected chi connectivity index (χ0v) is 8.39. The molecule has 0 aliphatic carbocycles. The Morgan fingerprint density at radius 1 is 0.900 bits per heavy atom. The van der Waals surface area contributed by atoms with Crippen molar-refractivity contribution in [3.05, 3.63) is 44.2 Å². The van der Waals surface area contributed by atoms with Crippen LogP contribution in [0.1, 0.15) is 13.8 Å². The van der Waals surface area contributed by atoms with Gasteiger partial charge >= 0.3 is 19.5 Å². The summed E-state index contributed by atoms with van der Waals surface area (Å²) in [7, 11) is 0. The van der Waals surface area contributed by atoms with Crippen molar-refractivity contribution < 1.29 is 19.5 Å². The van der Waals surface area contributed by atoms with Gasteiger partial charge in [-0.15, -0.1) is 0 Å². The first kappa shape index (κ1) is 16.5. The van der Waals surface area contributed by atoms with Crippen LogP contribution in [0.4, 0.5) is 0 Å². The van der Waals surface area contributed by atoms with Crippen molar-refractivity contribution in [3.8, 4) is 0 Å². The first-order valence-corrected chi connectivity index (χ1v) is 3.08. The zero-order chi connectivity index (χ0) is 7.54. The molecule has 0 saturated heterocycles. The summed E-state index contributed by atoms with van der Waals surface area (Å²) in [6, 6.07) is 10.0. The van der Waals surface area contributed by atoms with Crippen molar-refractivity contribution in [3.63, 3.8) is 0 Å². The molecule has 0 unspecified atom stereocenters. The van der Waals surface area contributed by atoms with E-state index in [4.69, 9.17) is 0 Å². The molecule has 59 valence electrons. The third-order valence-corrected chi connectivity index (χ3v) is 0.556. The first-order valence-electron chi connectivity index (χ1n) is 3.08. The van der Waals surface area contributed by atoms with Crippen LogP contribution in [0.5, 0.6) is 0 Å². The van der Waals surface area contributed by atoms with Crippen LogP contribution in [0, 0.1) is 13.8 Å². The maximum absolute atomic E-state index is 3.25. The van der Waals surface area contributed by atoms with E-state index in [2.05, 4.69) is 13.8 Å². The van der Waals surface area contributed by atoms with E-state index >= 15 is 0 Å². The Labute approximate surface area is 77.8 Å². The van der Waals surface area contributed by atoms with Crippen molar-refractivity contribution in [2.45, 2.75) is 13.8 Å². The number of hydrogen-bond acceptors (Lipinski definition) is 0. The maximum atomic E-state index is 3.25. The average Bonchev–Trinajstić information content (AvgIpc) is 2.51. The van der Waals surface area contributed by atoms with Crippen molar-refractivity contribution in [1.29, 1.82) is 0 Å².